The smallest absolute Gasteiger partial charge is 0.191 e. The first-order valence-electron chi connectivity index (χ1n) is 10.3. The summed E-state index contributed by atoms with van der Waals surface area (Å²) in [6, 6.07) is 9.12. The monoisotopic (exact) mass is 543 g/mol. The summed E-state index contributed by atoms with van der Waals surface area (Å²) < 4.78 is 5.55. The van der Waals surface area contributed by atoms with E-state index >= 15 is 0 Å². The van der Waals surface area contributed by atoms with Crippen molar-refractivity contribution in [3.63, 3.8) is 0 Å². The van der Waals surface area contributed by atoms with Crippen LogP contribution in [-0.2, 0) is 11.3 Å². The lowest BCUT2D eigenvalue weighted by Gasteiger charge is -2.35. The largest absolute Gasteiger partial charge is 0.379 e. The Hall–Kier alpha value is -1.23. The van der Waals surface area contributed by atoms with Crippen LogP contribution in [0.3, 0.4) is 0 Å². The van der Waals surface area contributed by atoms with Crippen LogP contribution in [0, 0.1) is 6.92 Å². The lowest BCUT2D eigenvalue weighted by Crippen LogP contribution is -2.46. The normalized spacial score (nSPS) is 16.2. The molecule has 0 saturated carbocycles. The molecule has 166 valence electrons. The van der Waals surface area contributed by atoms with Crippen LogP contribution in [-0.4, -0.2) is 55.7 Å². The number of aromatic nitrogens is 1. The zero-order chi connectivity index (χ0) is 20.6. The molecule has 30 heavy (non-hydrogen) atoms. The maximum absolute atomic E-state index is 5.55. The molecular formula is C22H34IN5OS. The number of halogens is 1. The summed E-state index contributed by atoms with van der Waals surface area (Å²) in [4.78, 5) is 11.6. The van der Waals surface area contributed by atoms with Gasteiger partial charge in [-0.05, 0) is 18.4 Å². The average molecular weight is 544 g/mol. The number of benzene rings is 1. The number of aliphatic imine (C=N–C) groups is 1. The van der Waals surface area contributed by atoms with Gasteiger partial charge in [0.2, 0.25) is 0 Å². The van der Waals surface area contributed by atoms with Gasteiger partial charge in [0.25, 0.3) is 0 Å². The van der Waals surface area contributed by atoms with Crippen LogP contribution in [0.4, 0.5) is 0 Å². The van der Waals surface area contributed by atoms with Gasteiger partial charge >= 0.3 is 0 Å². The van der Waals surface area contributed by atoms with Crippen LogP contribution in [0.2, 0.25) is 0 Å². The van der Waals surface area contributed by atoms with Crippen molar-refractivity contribution in [2.45, 2.75) is 39.3 Å². The molecule has 8 heteroatoms. The average Bonchev–Trinajstić information content (AvgIpc) is 3.22. The summed E-state index contributed by atoms with van der Waals surface area (Å²) in [6.45, 7) is 11.4. The SMILES string of the molecule is CN=C(NCc1nc(C(C)C)cs1)NCC(c1ccc(C)cc1)N1CCOCC1.I. The van der Waals surface area contributed by atoms with Gasteiger partial charge in [-0.3, -0.25) is 9.89 Å². The number of thiazole rings is 1. The van der Waals surface area contributed by atoms with Crippen molar-refractivity contribution >= 4 is 41.3 Å². The minimum Gasteiger partial charge on any atom is -0.379 e. The molecule has 1 aliphatic rings. The van der Waals surface area contributed by atoms with Crippen LogP contribution in [0.5, 0.6) is 0 Å². The molecule has 1 aliphatic heterocycles. The summed E-state index contributed by atoms with van der Waals surface area (Å²) in [6.07, 6.45) is 0. The van der Waals surface area contributed by atoms with E-state index in [1.54, 1.807) is 11.3 Å². The first-order chi connectivity index (χ1) is 14.1. The molecule has 1 fully saturated rings. The van der Waals surface area contributed by atoms with E-state index < -0.39 is 0 Å². The second-order valence-electron chi connectivity index (χ2n) is 7.70. The number of nitrogens with one attached hydrogen (secondary N) is 2. The van der Waals surface area contributed by atoms with Crippen LogP contribution in [0.1, 0.15) is 47.6 Å². The first kappa shape index (κ1) is 25.0. The lowest BCUT2D eigenvalue weighted by atomic mass is 10.0. The van der Waals surface area contributed by atoms with Crippen molar-refractivity contribution in [1.29, 1.82) is 0 Å². The third-order valence-electron chi connectivity index (χ3n) is 5.20. The van der Waals surface area contributed by atoms with Gasteiger partial charge < -0.3 is 15.4 Å². The van der Waals surface area contributed by atoms with E-state index in [1.807, 2.05) is 7.05 Å². The quantitative estimate of drug-likeness (QED) is 0.315. The Morgan fingerprint density at radius 2 is 1.90 bits per heavy atom. The fourth-order valence-electron chi connectivity index (χ4n) is 3.38. The summed E-state index contributed by atoms with van der Waals surface area (Å²) in [5.41, 5.74) is 3.76. The third-order valence-corrected chi connectivity index (χ3v) is 6.07. The molecule has 6 nitrogen and oxygen atoms in total. The number of guanidine groups is 1. The van der Waals surface area contributed by atoms with Crippen LogP contribution >= 0.6 is 35.3 Å². The molecule has 1 aromatic carbocycles. The van der Waals surface area contributed by atoms with E-state index in [-0.39, 0.29) is 30.0 Å². The topological polar surface area (TPSA) is 61.8 Å². The number of ether oxygens (including phenoxy) is 1. The second-order valence-corrected chi connectivity index (χ2v) is 8.64. The van der Waals surface area contributed by atoms with E-state index in [0.29, 0.717) is 12.5 Å². The molecular weight excluding hydrogens is 509 g/mol. The second kappa shape index (κ2) is 12.6. The number of nitrogens with zero attached hydrogens (tertiary/aromatic N) is 3. The third kappa shape index (κ3) is 7.18. The highest BCUT2D eigenvalue weighted by Gasteiger charge is 2.23. The van der Waals surface area contributed by atoms with Crippen LogP contribution < -0.4 is 10.6 Å². The Kier molecular flexibility index (Phi) is 10.5. The Labute approximate surface area is 201 Å². The van der Waals surface area contributed by atoms with Crippen molar-refractivity contribution in [3.8, 4) is 0 Å². The number of hydrogen-bond donors (Lipinski definition) is 2. The summed E-state index contributed by atoms with van der Waals surface area (Å²) in [7, 11) is 1.81. The molecule has 0 radical (unpaired) electrons. The fourth-order valence-corrected chi connectivity index (χ4v) is 4.28. The highest BCUT2D eigenvalue weighted by molar-refractivity contribution is 14.0. The predicted octanol–water partition coefficient (Wildman–Crippen LogP) is 3.93. The van der Waals surface area contributed by atoms with Crippen molar-refractivity contribution < 1.29 is 4.74 Å². The summed E-state index contributed by atoms with van der Waals surface area (Å²) in [5.74, 6) is 1.26. The highest BCUT2D eigenvalue weighted by Crippen LogP contribution is 2.22. The Morgan fingerprint density at radius 3 is 2.50 bits per heavy atom. The molecule has 0 spiro atoms. The summed E-state index contributed by atoms with van der Waals surface area (Å²) >= 11 is 1.70. The number of morpholine rings is 1. The lowest BCUT2D eigenvalue weighted by molar-refractivity contribution is 0.0170. The standard InChI is InChI=1S/C22H33N5OS.HI/c1-16(2)19-15-29-21(26-19)14-25-22(23-4)24-13-20(27-9-11-28-12-10-27)18-7-5-17(3)6-8-18;/h5-8,15-16,20H,9-14H2,1-4H3,(H2,23,24,25);1H. The van der Waals surface area contributed by atoms with Crippen molar-refractivity contribution in [2.75, 3.05) is 39.9 Å². The highest BCUT2D eigenvalue weighted by atomic mass is 127. The van der Waals surface area contributed by atoms with E-state index in [0.717, 1.165) is 49.5 Å². The maximum atomic E-state index is 5.55. The molecule has 2 aromatic rings. The molecule has 3 rings (SSSR count). The Bertz CT molecular complexity index is 787. The minimum absolute atomic E-state index is 0. The summed E-state index contributed by atoms with van der Waals surface area (Å²) in [5, 5.41) is 10.1. The predicted molar refractivity (Wildman–Crippen MR) is 136 cm³/mol. The molecule has 1 aromatic heterocycles. The zero-order valence-electron chi connectivity index (χ0n) is 18.4. The van der Waals surface area contributed by atoms with Gasteiger partial charge in [0.1, 0.15) is 5.01 Å². The molecule has 2 heterocycles. The fraction of sp³-hybridized carbons (Fsp3) is 0.545. The van der Waals surface area contributed by atoms with Gasteiger partial charge in [0.05, 0.1) is 31.5 Å². The molecule has 1 unspecified atom stereocenters. The van der Waals surface area contributed by atoms with Crippen LogP contribution in [0.15, 0.2) is 34.6 Å². The number of rotatable bonds is 7. The molecule has 0 bridgehead atoms. The van der Waals surface area contributed by atoms with Crippen molar-refractivity contribution in [2.24, 2.45) is 4.99 Å². The molecule has 1 saturated heterocycles. The Morgan fingerprint density at radius 1 is 1.20 bits per heavy atom. The molecule has 0 aliphatic carbocycles. The van der Waals surface area contributed by atoms with Gasteiger partial charge in [-0.15, -0.1) is 35.3 Å². The van der Waals surface area contributed by atoms with E-state index in [9.17, 15) is 0 Å². The van der Waals surface area contributed by atoms with E-state index in [4.69, 9.17) is 9.72 Å². The van der Waals surface area contributed by atoms with Crippen molar-refractivity contribution in [1.82, 2.24) is 20.5 Å². The number of hydrogen-bond acceptors (Lipinski definition) is 5. The van der Waals surface area contributed by atoms with Gasteiger partial charge in [0.15, 0.2) is 5.96 Å². The van der Waals surface area contributed by atoms with Crippen molar-refractivity contribution in [3.05, 3.63) is 51.5 Å². The maximum Gasteiger partial charge on any atom is 0.191 e. The minimum atomic E-state index is 0. The van der Waals surface area contributed by atoms with Gasteiger partial charge in [-0.25, -0.2) is 4.98 Å². The van der Waals surface area contributed by atoms with Gasteiger partial charge in [-0.1, -0.05) is 43.7 Å². The van der Waals surface area contributed by atoms with E-state index in [2.05, 4.69) is 70.9 Å². The Balaban J connectivity index is 0.00000320. The van der Waals surface area contributed by atoms with Gasteiger partial charge in [0, 0.05) is 32.1 Å². The number of aryl methyl sites for hydroxylation is 1. The first-order valence-corrected chi connectivity index (χ1v) is 11.2. The molecule has 0 amide bonds. The van der Waals surface area contributed by atoms with Crippen LogP contribution in [0.25, 0.3) is 0 Å². The molecule has 1 atom stereocenters. The zero-order valence-corrected chi connectivity index (χ0v) is 21.5. The molecule has 2 N–H and O–H groups in total. The van der Waals surface area contributed by atoms with Gasteiger partial charge in [-0.2, -0.15) is 0 Å². The van der Waals surface area contributed by atoms with E-state index in [1.165, 1.54) is 11.1 Å².